The quantitative estimate of drug-likeness (QED) is 0.0686. The predicted molar refractivity (Wildman–Crippen MR) is 301 cm³/mol. The molecule has 0 saturated heterocycles. The van der Waals surface area contributed by atoms with Crippen LogP contribution >= 0.6 is 11.6 Å². The van der Waals surface area contributed by atoms with Gasteiger partial charge >= 0.3 is 5.97 Å². The molecule has 2 N–H and O–H groups in total. The molecule has 0 saturated carbocycles. The van der Waals surface area contributed by atoms with Crippen LogP contribution in [0.1, 0.15) is 140 Å². The van der Waals surface area contributed by atoms with Crippen molar-refractivity contribution >= 4 is 35.5 Å². The second-order valence-corrected chi connectivity index (χ2v) is 21.8. The number of hydrogen-bond donors (Lipinski definition) is 2. The highest BCUT2D eigenvalue weighted by Crippen LogP contribution is 2.36. The first-order valence-corrected chi connectivity index (χ1v) is 27.2. The molecule has 4 heterocycles. The van der Waals surface area contributed by atoms with Gasteiger partial charge < -0.3 is 41.6 Å². The highest BCUT2D eigenvalue weighted by Gasteiger charge is 2.28. The first-order chi connectivity index (χ1) is 36.7. The number of anilines is 2. The number of aliphatic carboxylic acids is 1. The van der Waals surface area contributed by atoms with Crippen LogP contribution in [-0.2, 0) is 65.7 Å². The molecule has 420 valence electrons. The third-order valence-corrected chi connectivity index (χ3v) is 14.6. The van der Waals surface area contributed by atoms with E-state index in [1.165, 1.54) is 33.8 Å². The molecule has 0 fully saturated rings. The number of nitrogens with zero attached hydrogens (tertiary/aromatic N) is 8. The van der Waals surface area contributed by atoms with Gasteiger partial charge in [0, 0.05) is 58.8 Å². The van der Waals surface area contributed by atoms with Crippen LogP contribution in [0.15, 0.2) is 53.3 Å². The summed E-state index contributed by atoms with van der Waals surface area (Å²) in [5, 5.41) is 8.98. The van der Waals surface area contributed by atoms with E-state index in [2.05, 4.69) is 110 Å². The Balaban J connectivity index is 0.000000185. The Kier molecular flexibility index (Phi) is 23.1. The fraction of sp³-hybridized carbons (Fsp3) is 0.500. The molecule has 6 unspecified atom stereocenters. The third kappa shape index (κ3) is 17.0. The van der Waals surface area contributed by atoms with E-state index < -0.39 is 5.97 Å². The van der Waals surface area contributed by atoms with Crippen LogP contribution in [0.2, 0.25) is 5.15 Å². The van der Waals surface area contributed by atoms with Crippen molar-refractivity contribution in [1.82, 2.24) is 39.9 Å². The fourth-order valence-corrected chi connectivity index (χ4v) is 10.8. The van der Waals surface area contributed by atoms with E-state index in [0.717, 1.165) is 120 Å². The lowest BCUT2D eigenvalue weighted by Crippen LogP contribution is -3.00. The van der Waals surface area contributed by atoms with Gasteiger partial charge in [-0.1, -0.05) is 65.3 Å². The number of aromatic nitrogens is 8. The standard InChI is InChI=1S/C18H22N2O.C17H21N3O.C9H11ClN2.C9H12N2O.C7H12O4.ClH/c1-11-9-16-17(10-11)19-13(3)20-18(16)12(2)14-5-7-15(21-4)8-6-14;1-11-9-15-16(10-11)18-12(2)19-17(15)20(3)13-5-7-14(21-4)8-6-13;1-5-3-7-8(4-5)11-6(2)12-9(7)10;1-5-3-7-8(4-5)10-6(2)11-9(7)12;1-6(4-7(9)10)2-3-11-5-8;/h5-8,11-12H,9-10H2,1-4H3;5-8,11H,9-10H2,1-4H3;5H,3-4H2,1-2H3;5H,3-4H2,1-2H3,(H,10,11,12);5-6H,2-4H2,1H3,(H,9,10);1H/p-1. The van der Waals surface area contributed by atoms with Gasteiger partial charge in [-0.3, -0.25) is 14.4 Å². The molecule has 0 aliphatic heterocycles. The van der Waals surface area contributed by atoms with E-state index in [9.17, 15) is 14.4 Å². The summed E-state index contributed by atoms with van der Waals surface area (Å²) in [6, 6.07) is 16.4. The smallest absolute Gasteiger partial charge is 0.303 e. The number of halogens is 2. The topological polar surface area (TPSA) is 208 Å². The van der Waals surface area contributed by atoms with Gasteiger partial charge in [-0.25, -0.2) is 34.9 Å². The van der Waals surface area contributed by atoms with Crippen molar-refractivity contribution in [2.45, 2.75) is 139 Å². The van der Waals surface area contributed by atoms with Gasteiger partial charge in [0.1, 0.15) is 45.8 Å². The summed E-state index contributed by atoms with van der Waals surface area (Å²) in [5.41, 5.74) is 13.0. The van der Waals surface area contributed by atoms with Crippen molar-refractivity contribution < 1.29 is 41.3 Å². The number of carboxylic acid groups (broad SMARTS) is 1. The molecule has 78 heavy (non-hydrogen) atoms. The summed E-state index contributed by atoms with van der Waals surface area (Å²) in [7, 11) is 5.44. The molecular formula is C60H78Cl2N9O7-. The average Bonchev–Trinajstić information content (AvgIpc) is 4.17. The monoisotopic (exact) mass is 1110 g/mol. The third-order valence-electron chi connectivity index (χ3n) is 14.3. The van der Waals surface area contributed by atoms with E-state index in [1.54, 1.807) is 14.2 Å². The molecule has 4 aliphatic carbocycles. The minimum Gasteiger partial charge on any atom is -1.00 e. The van der Waals surface area contributed by atoms with E-state index >= 15 is 0 Å². The number of benzene rings is 2. The van der Waals surface area contributed by atoms with Gasteiger partial charge in [-0.15, -0.1) is 0 Å². The number of hydrogen-bond acceptors (Lipinski definition) is 14. The van der Waals surface area contributed by atoms with Gasteiger partial charge in [0.05, 0.1) is 32.2 Å². The summed E-state index contributed by atoms with van der Waals surface area (Å²) in [5.74, 6) is 8.16. The van der Waals surface area contributed by atoms with Crippen LogP contribution in [0, 0.1) is 57.3 Å². The maximum Gasteiger partial charge on any atom is 0.303 e. The Hall–Kier alpha value is -6.52. The fourth-order valence-electron chi connectivity index (χ4n) is 10.5. The summed E-state index contributed by atoms with van der Waals surface area (Å²) < 4.78 is 14.9. The number of nitrogens with one attached hydrogen (secondary N) is 1. The van der Waals surface area contributed by atoms with Crippen molar-refractivity contribution in [1.29, 1.82) is 0 Å². The maximum absolute atomic E-state index is 11.4. The molecule has 18 heteroatoms. The zero-order valence-corrected chi connectivity index (χ0v) is 49.2. The average molecular weight is 1110 g/mol. The number of aromatic amines is 1. The van der Waals surface area contributed by atoms with Gasteiger partial charge in [0.15, 0.2) is 0 Å². The number of methoxy groups -OCH3 is 2. The van der Waals surface area contributed by atoms with Crippen LogP contribution in [-0.4, -0.2) is 85.3 Å². The van der Waals surface area contributed by atoms with Crippen molar-refractivity contribution in [3.63, 3.8) is 0 Å². The Bertz CT molecular complexity index is 2910. The minimum absolute atomic E-state index is 0. The van der Waals surface area contributed by atoms with E-state index in [1.807, 2.05) is 58.9 Å². The number of carbonyl (C=O) groups is 2. The molecule has 16 nitrogen and oxygen atoms in total. The zero-order valence-electron chi connectivity index (χ0n) is 47.7. The van der Waals surface area contributed by atoms with Gasteiger partial charge in [0.25, 0.3) is 12.0 Å². The lowest BCUT2D eigenvalue weighted by Gasteiger charge is -2.21. The number of fused-ring (bicyclic) bond motifs is 4. The minimum atomic E-state index is -0.816. The molecule has 10 rings (SSSR count). The lowest BCUT2D eigenvalue weighted by molar-refractivity contribution is -0.138. The van der Waals surface area contributed by atoms with Gasteiger partial charge in [-0.05, 0) is 163 Å². The van der Waals surface area contributed by atoms with Crippen molar-refractivity contribution in [2.24, 2.45) is 29.6 Å². The summed E-state index contributed by atoms with van der Waals surface area (Å²) >= 11 is 5.99. The molecule has 0 radical (unpaired) electrons. The van der Waals surface area contributed by atoms with E-state index in [4.69, 9.17) is 31.2 Å². The van der Waals surface area contributed by atoms with Gasteiger partial charge in [0.2, 0.25) is 0 Å². The first kappa shape index (κ1) is 62.3. The molecule has 6 atom stereocenters. The number of H-pyrrole nitrogens is 1. The molecule has 6 aromatic rings. The van der Waals surface area contributed by atoms with Gasteiger partial charge in [-0.2, -0.15) is 0 Å². The SMILES string of the molecule is CC(CCOC=O)CC(=O)O.COc1ccc(C(C)c2nc(C)nc3c2CC(C)C3)cc1.COc1ccc(N(C)c2nc(C)nc3c2CC(C)C3)cc1.Cc1nc(Cl)c2c(n1)CC(C)C2.Cc1nc2c(c(=O)[nH]1)CC(C)C2.[Cl-]. The van der Waals surface area contributed by atoms with Crippen LogP contribution in [0.25, 0.3) is 0 Å². The number of ether oxygens (including phenoxy) is 3. The number of rotatable bonds is 12. The second-order valence-electron chi connectivity index (χ2n) is 21.4. The molecule has 0 bridgehead atoms. The molecule has 0 amide bonds. The lowest BCUT2D eigenvalue weighted by atomic mass is 9.93. The maximum atomic E-state index is 11.4. The molecule has 2 aromatic carbocycles. The van der Waals surface area contributed by atoms with Crippen LogP contribution in [0.5, 0.6) is 11.5 Å². The Morgan fingerprint density at radius 1 is 0.679 bits per heavy atom. The number of aryl methyl sites for hydroxylation is 4. The van der Waals surface area contributed by atoms with Crippen molar-refractivity contribution in [3.8, 4) is 11.5 Å². The molecule has 0 spiro atoms. The number of carboxylic acids is 1. The Morgan fingerprint density at radius 3 is 1.68 bits per heavy atom. The first-order valence-electron chi connectivity index (χ1n) is 26.8. The van der Waals surface area contributed by atoms with E-state index in [0.29, 0.717) is 48.3 Å². The molecule has 4 aromatic heterocycles. The summed E-state index contributed by atoms with van der Waals surface area (Å²) in [4.78, 5) is 67.6. The Labute approximate surface area is 471 Å². The normalized spacial score (nSPS) is 17.6. The highest BCUT2D eigenvalue weighted by molar-refractivity contribution is 6.30. The van der Waals surface area contributed by atoms with Crippen molar-refractivity contribution in [3.05, 3.63) is 144 Å². The highest BCUT2D eigenvalue weighted by atomic mass is 35.5. The summed E-state index contributed by atoms with van der Waals surface area (Å²) in [6.45, 7) is 21.3. The van der Waals surface area contributed by atoms with E-state index in [-0.39, 0.29) is 36.2 Å². The predicted octanol–water partition coefficient (Wildman–Crippen LogP) is 7.63. The van der Waals surface area contributed by atoms with Crippen LogP contribution < -0.4 is 32.3 Å². The molecule has 4 aliphatic rings. The summed E-state index contributed by atoms with van der Waals surface area (Å²) in [6.07, 6.45) is 8.97. The van der Waals surface area contributed by atoms with Crippen LogP contribution in [0.4, 0.5) is 11.5 Å². The second kappa shape index (κ2) is 28.9. The van der Waals surface area contributed by atoms with Crippen molar-refractivity contribution in [2.75, 3.05) is 32.8 Å². The largest absolute Gasteiger partial charge is 1.00 e. The zero-order chi connectivity index (χ0) is 56.1. The Morgan fingerprint density at radius 2 is 1.14 bits per heavy atom. The van der Waals surface area contributed by atoms with Crippen LogP contribution in [0.3, 0.4) is 0 Å². The molecular weight excluding hydrogens is 1030 g/mol. The number of carbonyl (C=O) groups excluding carboxylic acids is 1.